The lowest BCUT2D eigenvalue weighted by molar-refractivity contribution is -0.121. The number of anilines is 1. The fourth-order valence-electron chi connectivity index (χ4n) is 8.62. The van der Waals surface area contributed by atoms with Gasteiger partial charge in [-0.25, -0.2) is 4.79 Å². The maximum absolute atomic E-state index is 13.2. The number of hydrogen-bond donors (Lipinski definition) is 3. The van der Waals surface area contributed by atoms with Crippen molar-refractivity contribution >= 4 is 48.3 Å². The van der Waals surface area contributed by atoms with Crippen LogP contribution in [-0.4, -0.2) is 151 Å². The van der Waals surface area contributed by atoms with Crippen molar-refractivity contribution in [1.29, 1.82) is 0 Å². The highest BCUT2D eigenvalue weighted by molar-refractivity contribution is 6.03. The molecule has 3 amide bonds. The lowest BCUT2D eigenvalue weighted by Gasteiger charge is -2.55. The number of amidine groups is 1. The monoisotopic (exact) mass is 879 g/mol. The highest BCUT2D eigenvalue weighted by atomic mass is 16.6. The predicted molar refractivity (Wildman–Crippen MR) is 242 cm³/mol. The molecule has 7 rings (SSSR count). The van der Waals surface area contributed by atoms with Gasteiger partial charge in [-0.1, -0.05) is 23.4 Å². The van der Waals surface area contributed by atoms with Crippen molar-refractivity contribution in [3.8, 4) is 11.3 Å². The molecule has 64 heavy (non-hydrogen) atoms. The number of piperidine rings is 1. The smallest absolute Gasteiger partial charge is 0.410 e. The standard InChI is InChI=1S/C33H39N7O5.C13H22N4O2/c1-34-31(44)9-7-28(21-43)37(2)32(45)29-8-6-27(17-26(29)20-42)39-22-33(23-39)10-12-38(13-11-33)14-15-40-18-30(35-36-40)25-5-3-4-24(16-25)19-41;1-16-12(15)8-11(14)9-3-4-10(7-9)19-13(18)17-5-2-6-17/h3-6,8,16-21,28H,7,9-15,22-23H2,1-2H3,(H,34,44);8-10H,2-7,14H2,1H3,(H2,15,16)/b;11-8-/t;9-,10+/m.1/s1. The number of aromatic nitrogens is 3. The number of rotatable bonds is 16. The van der Waals surface area contributed by atoms with Crippen LogP contribution >= 0.6 is 0 Å². The van der Waals surface area contributed by atoms with E-state index in [0.717, 1.165) is 120 Å². The second-order valence-electron chi connectivity index (χ2n) is 17.2. The van der Waals surface area contributed by atoms with Gasteiger partial charge in [0.15, 0.2) is 6.29 Å². The zero-order chi connectivity index (χ0) is 45.8. The van der Waals surface area contributed by atoms with E-state index in [2.05, 4.69) is 30.4 Å². The molecule has 4 heterocycles. The number of aliphatic imine (C=N–C) groups is 1. The number of nitrogens with two attached hydrogens (primary N) is 2. The summed E-state index contributed by atoms with van der Waals surface area (Å²) < 4.78 is 7.32. The summed E-state index contributed by atoms with van der Waals surface area (Å²) in [4.78, 5) is 82.8. The lowest BCUT2D eigenvalue weighted by atomic mass is 9.71. The summed E-state index contributed by atoms with van der Waals surface area (Å²) in [5.74, 6) is 0.0203. The second kappa shape index (κ2) is 21.8. The van der Waals surface area contributed by atoms with Crippen molar-refractivity contribution in [2.24, 2.45) is 27.8 Å². The third kappa shape index (κ3) is 11.8. The Balaban J connectivity index is 0.000000298. The Hall–Kier alpha value is -6.43. The molecule has 3 aliphatic heterocycles. The molecule has 1 aromatic heterocycles. The number of nitrogens with one attached hydrogen (secondary N) is 1. The molecule has 0 bridgehead atoms. The van der Waals surface area contributed by atoms with E-state index in [1.165, 1.54) is 19.0 Å². The van der Waals surface area contributed by atoms with E-state index < -0.39 is 11.9 Å². The van der Waals surface area contributed by atoms with Crippen LogP contribution in [0.1, 0.15) is 82.4 Å². The number of benzene rings is 2. The maximum Gasteiger partial charge on any atom is 0.410 e. The largest absolute Gasteiger partial charge is 0.446 e. The zero-order valence-electron chi connectivity index (χ0n) is 37.1. The molecule has 3 aromatic rings. The van der Waals surface area contributed by atoms with Crippen molar-refractivity contribution < 1.29 is 33.5 Å². The van der Waals surface area contributed by atoms with Crippen LogP contribution in [-0.2, 0) is 20.9 Å². The van der Waals surface area contributed by atoms with E-state index in [9.17, 15) is 28.8 Å². The number of carbonyl (C=O) groups is 6. The number of aldehydes is 3. The van der Waals surface area contributed by atoms with E-state index in [0.29, 0.717) is 24.0 Å². The van der Waals surface area contributed by atoms with Crippen molar-refractivity contribution in [1.82, 2.24) is 35.0 Å². The van der Waals surface area contributed by atoms with Gasteiger partial charge in [0.05, 0.1) is 24.3 Å². The van der Waals surface area contributed by atoms with E-state index in [-0.39, 0.29) is 53.4 Å². The van der Waals surface area contributed by atoms with Crippen LogP contribution in [0.3, 0.4) is 0 Å². The van der Waals surface area contributed by atoms with Gasteiger partial charge in [0.1, 0.15) is 30.2 Å². The highest BCUT2D eigenvalue weighted by Crippen LogP contribution is 2.43. The Morgan fingerprint density at radius 2 is 1.78 bits per heavy atom. The highest BCUT2D eigenvalue weighted by Gasteiger charge is 2.45. The van der Waals surface area contributed by atoms with E-state index in [1.54, 1.807) is 36.2 Å². The van der Waals surface area contributed by atoms with Gasteiger partial charge in [-0.2, -0.15) is 0 Å². The third-order valence-electron chi connectivity index (χ3n) is 13.0. The van der Waals surface area contributed by atoms with Gasteiger partial charge in [0, 0.05) is 99.7 Å². The SMILES string of the molecule is CN=C(N)/C=C(\N)[C@@H]1CC[C@H](OC(=O)N2CCC2)C1.CNC(=O)CCC(C=O)N(C)C(=O)c1ccc(N2CC3(CCN(CCn4cc(-c5cccc(C=O)c5)nn4)CC3)C2)cc1C=O. The van der Waals surface area contributed by atoms with E-state index in [4.69, 9.17) is 16.2 Å². The molecule has 1 saturated carbocycles. The summed E-state index contributed by atoms with van der Waals surface area (Å²) in [6.45, 7) is 7.02. The van der Waals surface area contributed by atoms with Gasteiger partial charge in [-0.3, -0.25) is 28.9 Å². The molecule has 3 saturated heterocycles. The number of amides is 3. The number of likely N-dealkylation sites (tertiary alicyclic amines) is 2. The fourth-order valence-corrected chi connectivity index (χ4v) is 8.62. The first-order chi connectivity index (χ1) is 30.9. The molecule has 1 aliphatic carbocycles. The minimum atomic E-state index is -0.768. The van der Waals surface area contributed by atoms with Crippen LogP contribution in [0.15, 0.2) is 65.4 Å². The summed E-state index contributed by atoms with van der Waals surface area (Å²) in [7, 11) is 4.66. The van der Waals surface area contributed by atoms with Crippen molar-refractivity contribution in [2.45, 2.75) is 70.1 Å². The summed E-state index contributed by atoms with van der Waals surface area (Å²) in [5, 5.41) is 11.1. The fraction of sp³-hybridized carbons (Fsp3) is 0.500. The number of allylic oxidation sites excluding steroid dienone is 1. The molecular weight excluding hydrogens is 819 g/mol. The van der Waals surface area contributed by atoms with Crippen molar-refractivity contribution in [3.63, 3.8) is 0 Å². The Morgan fingerprint density at radius 3 is 2.44 bits per heavy atom. The Morgan fingerprint density at radius 1 is 1.02 bits per heavy atom. The average molecular weight is 880 g/mol. The minimum absolute atomic E-state index is 0.0233. The van der Waals surface area contributed by atoms with Gasteiger partial charge in [-0.05, 0) is 88.4 Å². The van der Waals surface area contributed by atoms with Crippen LogP contribution in [0.25, 0.3) is 11.3 Å². The molecule has 1 unspecified atom stereocenters. The molecule has 4 aliphatic rings. The summed E-state index contributed by atoms with van der Waals surface area (Å²) in [5.41, 5.74) is 16.2. The molecule has 2 aromatic carbocycles. The van der Waals surface area contributed by atoms with Gasteiger partial charge in [0.25, 0.3) is 5.91 Å². The molecule has 18 nitrogen and oxygen atoms in total. The quantitative estimate of drug-likeness (QED) is 0.107. The summed E-state index contributed by atoms with van der Waals surface area (Å²) >= 11 is 0. The first-order valence-corrected chi connectivity index (χ1v) is 22.0. The van der Waals surface area contributed by atoms with Gasteiger partial charge in [0.2, 0.25) is 5.91 Å². The van der Waals surface area contributed by atoms with E-state index in [1.807, 2.05) is 35.1 Å². The van der Waals surface area contributed by atoms with Crippen LogP contribution in [0.5, 0.6) is 0 Å². The average Bonchev–Trinajstić information content (AvgIpc) is 3.97. The van der Waals surface area contributed by atoms with Gasteiger partial charge in [-0.15, -0.1) is 5.10 Å². The number of likely N-dealkylation sites (N-methyl/N-ethyl adjacent to an activating group) is 1. The van der Waals surface area contributed by atoms with Crippen LogP contribution in [0.4, 0.5) is 10.5 Å². The van der Waals surface area contributed by atoms with E-state index >= 15 is 0 Å². The van der Waals surface area contributed by atoms with Crippen molar-refractivity contribution in [2.75, 3.05) is 71.9 Å². The Kier molecular flexibility index (Phi) is 16.0. The van der Waals surface area contributed by atoms with Crippen LogP contribution in [0, 0.1) is 11.3 Å². The molecular formula is C46H61N11O7. The Labute approximate surface area is 374 Å². The number of hydrogen-bond acceptors (Lipinski definition) is 13. The topological polar surface area (TPSA) is 232 Å². The first kappa shape index (κ1) is 47.1. The summed E-state index contributed by atoms with van der Waals surface area (Å²) in [6.07, 6.45) is 11.7. The molecule has 342 valence electrons. The number of ether oxygens (including phenoxy) is 1. The van der Waals surface area contributed by atoms with Gasteiger partial charge >= 0.3 is 6.09 Å². The Bertz CT molecular complexity index is 2200. The summed E-state index contributed by atoms with van der Waals surface area (Å²) in [6, 6.07) is 11.8. The molecule has 18 heteroatoms. The maximum atomic E-state index is 13.2. The molecule has 0 radical (unpaired) electrons. The van der Waals surface area contributed by atoms with Crippen molar-refractivity contribution in [3.05, 3.63) is 77.1 Å². The normalized spacial score (nSPS) is 19.9. The lowest BCUT2D eigenvalue weighted by Crippen LogP contribution is -2.60. The van der Waals surface area contributed by atoms with Gasteiger partial charge < -0.3 is 45.9 Å². The molecule has 4 fully saturated rings. The third-order valence-corrected chi connectivity index (χ3v) is 13.0. The molecule has 1 spiro atoms. The van der Waals surface area contributed by atoms with Crippen LogP contribution < -0.4 is 21.7 Å². The minimum Gasteiger partial charge on any atom is -0.446 e. The zero-order valence-corrected chi connectivity index (χ0v) is 37.1. The number of carbonyl (C=O) groups excluding carboxylic acids is 6. The molecule has 5 N–H and O–H groups in total. The molecule has 3 atom stereocenters. The number of nitrogens with zero attached hydrogens (tertiary/aromatic N) is 8. The first-order valence-electron chi connectivity index (χ1n) is 22.0. The second-order valence-corrected chi connectivity index (χ2v) is 17.2. The predicted octanol–water partition coefficient (Wildman–Crippen LogP) is 3.17. The van der Waals surface area contributed by atoms with Crippen LogP contribution in [0.2, 0.25) is 0 Å².